The highest BCUT2D eigenvalue weighted by Gasteiger charge is 2.11. The Kier molecular flexibility index (Phi) is 3.63. The molecule has 0 aliphatic rings. The van der Waals surface area contributed by atoms with Gasteiger partial charge in [-0.2, -0.15) is 0 Å². The molecule has 0 fully saturated rings. The zero-order chi connectivity index (χ0) is 15.1. The molecule has 2 N–H and O–H groups in total. The molecule has 0 aliphatic heterocycles. The largest absolute Gasteiger partial charge is 0.397 e. The van der Waals surface area contributed by atoms with Crippen molar-refractivity contribution in [3.8, 4) is 21.0 Å². The van der Waals surface area contributed by atoms with Gasteiger partial charge in [0.25, 0.3) is 0 Å². The molecule has 0 unspecified atom stereocenters. The summed E-state index contributed by atoms with van der Waals surface area (Å²) in [5.41, 5.74) is 10.1. The van der Waals surface area contributed by atoms with Crippen molar-refractivity contribution in [2.24, 2.45) is 0 Å². The van der Waals surface area contributed by atoms with Crippen LogP contribution in [0.1, 0.15) is 0 Å². The summed E-state index contributed by atoms with van der Waals surface area (Å²) in [5.74, 6) is 0. The molecule has 5 heteroatoms. The summed E-state index contributed by atoms with van der Waals surface area (Å²) in [5, 5.41) is 3.12. The average molecular weight is 434 g/mol. The van der Waals surface area contributed by atoms with Gasteiger partial charge in [0.1, 0.15) is 10.5 Å². The number of nitrogens with zero attached hydrogens (tertiary/aromatic N) is 1. The minimum absolute atomic E-state index is 0.744. The van der Waals surface area contributed by atoms with Crippen molar-refractivity contribution in [1.29, 1.82) is 0 Å². The molecule has 0 aliphatic carbocycles. The number of thiophene rings is 1. The van der Waals surface area contributed by atoms with Gasteiger partial charge in [-0.25, -0.2) is 4.98 Å². The molecule has 108 valence electrons. The van der Waals surface area contributed by atoms with Crippen LogP contribution in [0.2, 0.25) is 0 Å². The molecule has 4 aromatic rings. The molecule has 0 bridgehead atoms. The number of anilines is 1. The number of nitrogens with two attached hydrogens (primary N) is 1. The fraction of sp³-hybridized carbons (Fsp3) is 0. The van der Waals surface area contributed by atoms with Crippen LogP contribution < -0.4 is 5.73 Å². The molecule has 0 amide bonds. The molecule has 0 spiro atoms. The molecule has 2 aromatic carbocycles. The number of benzene rings is 2. The van der Waals surface area contributed by atoms with Crippen molar-refractivity contribution in [3.05, 3.63) is 57.5 Å². The molecule has 2 heterocycles. The number of hydrogen-bond donors (Lipinski definition) is 1. The molecular formula is C17H11IN2S2. The number of rotatable bonds is 2. The molecule has 0 saturated carbocycles. The van der Waals surface area contributed by atoms with Crippen LogP contribution in [-0.4, -0.2) is 4.98 Å². The van der Waals surface area contributed by atoms with Gasteiger partial charge < -0.3 is 5.73 Å². The van der Waals surface area contributed by atoms with Crippen molar-refractivity contribution in [3.63, 3.8) is 0 Å². The number of thiazole rings is 1. The van der Waals surface area contributed by atoms with Crippen molar-refractivity contribution >= 4 is 61.2 Å². The number of fused-ring (bicyclic) bond motifs is 1. The third-order valence-corrected chi connectivity index (χ3v) is 6.79. The van der Waals surface area contributed by atoms with Crippen LogP contribution in [-0.2, 0) is 0 Å². The third-order valence-electron chi connectivity index (χ3n) is 3.46. The second kappa shape index (κ2) is 5.64. The Hall–Kier alpha value is -1.44. The fourth-order valence-electron chi connectivity index (χ4n) is 2.34. The number of hydrogen-bond acceptors (Lipinski definition) is 4. The monoisotopic (exact) mass is 434 g/mol. The standard InChI is InChI=1S/C17H11IN2S2/c18-12-7-8-13(19)15-16(12)22-17(20-15)11-5-3-10(4-6-11)14-2-1-9-21-14/h1-9H,19H2. The number of halogens is 1. The van der Waals surface area contributed by atoms with Crippen LogP contribution in [0.5, 0.6) is 0 Å². The first kappa shape index (κ1) is 14.2. The maximum Gasteiger partial charge on any atom is 0.124 e. The molecule has 0 saturated heterocycles. The SMILES string of the molecule is Nc1ccc(I)c2sc(-c3ccc(-c4cccs4)cc3)nc12. The quantitative estimate of drug-likeness (QED) is 0.316. The summed E-state index contributed by atoms with van der Waals surface area (Å²) in [7, 11) is 0. The first-order valence-electron chi connectivity index (χ1n) is 6.71. The van der Waals surface area contributed by atoms with E-state index in [4.69, 9.17) is 10.7 Å². The second-order valence-corrected chi connectivity index (χ2v) is 8.00. The molecule has 2 aromatic heterocycles. The highest BCUT2D eigenvalue weighted by Crippen LogP contribution is 2.36. The van der Waals surface area contributed by atoms with Crippen LogP contribution in [0.3, 0.4) is 0 Å². The first-order valence-corrected chi connectivity index (χ1v) is 9.49. The molecule has 4 rings (SSSR count). The Balaban J connectivity index is 1.79. The van der Waals surface area contributed by atoms with E-state index in [-0.39, 0.29) is 0 Å². The van der Waals surface area contributed by atoms with Gasteiger partial charge in [-0.05, 0) is 51.7 Å². The van der Waals surface area contributed by atoms with Crippen LogP contribution in [0, 0.1) is 3.57 Å². The topological polar surface area (TPSA) is 38.9 Å². The Morgan fingerprint density at radius 2 is 1.73 bits per heavy atom. The maximum absolute atomic E-state index is 6.05. The van der Waals surface area contributed by atoms with E-state index in [1.165, 1.54) is 14.0 Å². The van der Waals surface area contributed by atoms with E-state index in [9.17, 15) is 0 Å². The second-order valence-electron chi connectivity index (χ2n) is 4.89. The van der Waals surface area contributed by atoms with Gasteiger partial charge in [0.05, 0.1) is 10.4 Å². The van der Waals surface area contributed by atoms with Crippen molar-refractivity contribution < 1.29 is 0 Å². The predicted octanol–water partition coefficient (Wildman–Crippen LogP) is 5.88. The zero-order valence-electron chi connectivity index (χ0n) is 11.4. The van der Waals surface area contributed by atoms with E-state index < -0.39 is 0 Å². The highest BCUT2D eigenvalue weighted by atomic mass is 127. The molecule has 2 nitrogen and oxygen atoms in total. The maximum atomic E-state index is 6.05. The summed E-state index contributed by atoms with van der Waals surface area (Å²) in [6.07, 6.45) is 0. The van der Waals surface area contributed by atoms with E-state index in [1.54, 1.807) is 22.7 Å². The zero-order valence-corrected chi connectivity index (χ0v) is 15.2. The summed E-state index contributed by atoms with van der Waals surface area (Å²) >= 11 is 5.79. The molecule has 0 radical (unpaired) electrons. The molecular weight excluding hydrogens is 423 g/mol. The lowest BCUT2D eigenvalue weighted by molar-refractivity contribution is 1.47. The minimum atomic E-state index is 0.744. The number of nitrogen functional groups attached to an aromatic ring is 1. The molecule has 22 heavy (non-hydrogen) atoms. The Morgan fingerprint density at radius 3 is 2.41 bits per heavy atom. The highest BCUT2D eigenvalue weighted by molar-refractivity contribution is 14.1. The van der Waals surface area contributed by atoms with Crippen LogP contribution in [0.4, 0.5) is 5.69 Å². The third kappa shape index (κ3) is 2.43. The minimum Gasteiger partial charge on any atom is -0.397 e. The van der Waals surface area contributed by atoms with E-state index in [0.717, 1.165) is 26.5 Å². The predicted molar refractivity (Wildman–Crippen MR) is 105 cm³/mol. The fourth-order valence-corrected chi connectivity index (χ4v) is 4.85. The summed E-state index contributed by atoms with van der Waals surface area (Å²) in [6.45, 7) is 0. The van der Waals surface area contributed by atoms with Gasteiger partial charge in [-0.3, -0.25) is 0 Å². The van der Waals surface area contributed by atoms with E-state index in [1.807, 2.05) is 12.1 Å². The van der Waals surface area contributed by atoms with Crippen molar-refractivity contribution in [2.45, 2.75) is 0 Å². The Labute approximate surface area is 149 Å². The van der Waals surface area contributed by atoms with E-state index in [2.05, 4.69) is 64.4 Å². The van der Waals surface area contributed by atoms with Crippen molar-refractivity contribution in [1.82, 2.24) is 4.98 Å². The normalized spacial score (nSPS) is 11.1. The van der Waals surface area contributed by atoms with Gasteiger partial charge >= 0.3 is 0 Å². The lowest BCUT2D eigenvalue weighted by Crippen LogP contribution is -1.87. The lowest BCUT2D eigenvalue weighted by Gasteiger charge is -1.99. The van der Waals surface area contributed by atoms with Gasteiger partial charge in [-0.1, -0.05) is 30.3 Å². The smallest absolute Gasteiger partial charge is 0.124 e. The summed E-state index contributed by atoms with van der Waals surface area (Å²) in [4.78, 5) is 6.01. The Bertz CT molecular complexity index is 902. The van der Waals surface area contributed by atoms with Crippen molar-refractivity contribution in [2.75, 3.05) is 5.73 Å². The van der Waals surface area contributed by atoms with Gasteiger partial charge in [-0.15, -0.1) is 22.7 Å². The lowest BCUT2D eigenvalue weighted by atomic mass is 10.1. The van der Waals surface area contributed by atoms with Crippen LogP contribution in [0.25, 0.3) is 31.2 Å². The van der Waals surface area contributed by atoms with Crippen LogP contribution >= 0.6 is 45.3 Å². The average Bonchev–Trinajstić information content (AvgIpc) is 3.21. The molecule has 0 atom stereocenters. The van der Waals surface area contributed by atoms with Crippen LogP contribution in [0.15, 0.2) is 53.9 Å². The van der Waals surface area contributed by atoms with Gasteiger partial charge in [0.2, 0.25) is 0 Å². The Morgan fingerprint density at radius 1 is 0.955 bits per heavy atom. The van der Waals surface area contributed by atoms with Gasteiger partial charge in [0, 0.05) is 14.0 Å². The summed E-state index contributed by atoms with van der Waals surface area (Å²) < 4.78 is 2.36. The van der Waals surface area contributed by atoms with E-state index >= 15 is 0 Å². The first-order chi connectivity index (χ1) is 10.7. The van der Waals surface area contributed by atoms with Gasteiger partial charge in [0.15, 0.2) is 0 Å². The van der Waals surface area contributed by atoms with E-state index in [0.29, 0.717) is 0 Å². The number of aromatic nitrogens is 1. The summed E-state index contributed by atoms with van der Waals surface area (Å²) in [6, 6.07) is 16.8.